The van der Waals surface area contributed by atoms with Gasteiger partial charge in [-0.25, -0.2) is 0 Å². The molecule has 0 unspecified atom stereocenters. The quantitative estimate of drug-likeness (QED) is 0.767. The summed E-state index contributed by atoms with van der Waals surface area (Å²) >= 11 is 0. The first kappa shape index (κ1) is 19.2. The molecular weight excluding hydrogens is 310 g/mol. The van der Waals surface area contributed by atoms with Crippen LogP contribution < -0.4 is 0 Å². The summed E-state index contributed by atoms with van der Waals surface area (Å²) < 4.78 is 0. The van der Waals surface area contributed by atoms with E-state index in [1.54, 1.807) is 11.9 Å². The number of hydrogen-bond acceptors (Lipinski definition) is 2. The van der Waals surface area contributed by atoms with Crippen molar-refractivity contribution in [2.45, 2.75) is 51.2 Å². The summed E-state index contributed by atoms with van der Waals surface area (Å²) in [6, 6.07) is 19.2. The minimum atomic E-state index is -0.697. The van der Waals surface area contributed by atoms with E-state index in [1.165, 1.54) is 0 Å². The van der Waals surface area contributed by atoms with Gasteiger partial charge in [-0.15, -0.1) is 0 Å². The minimum absolute atomic E-state index is 0.0714. The van der Waals surface area contributed by atoms with Gasteiger partial charge in [0.25, 0.3) is 0 Å². The van der Waals surface area contributed by atoms with Crippen molar-refractivity contribution >= 4 is 5.91 Å². The van der Waals surface area contributed by atoms with Gasteiger partial charge >= 0.3 is 0 Å². The molecule has 2 aromatic rings. The molecule has 0 spiro atoms. The molecule has 25 heavy (non-hydrogen) atoms. The van der Waals surface area contributed by atoms with Gasteiger partial charge in [0.05, 0.1) is 18.1 Å². The van der Waals surface area contributed by atoms with Gasteiger partial charge in [0.15, 0.2) is 0 Å². The average molecular weight is 339 g/mol. The van der Waals surface area contributed by atoms with Crippen LogP contribution in [0.2, 0.25) is 0 Å². The van der Waals surface area contributed by atoms with Crippen molar-refractivity contribution in [3.63, 3.8) is 0 Å². The molecule has 134 valence electrons. The van der Waals surface area contributed by atoms with Crippen LogP contribution >= 0.6 is 0 Å². The minimum Gasteiger partial charge on any atom is -0.386 e. The van der Waals surface area contributed by atoms with Gasteiger partial charge in [-0.05, 0) is 24.5 Å². The summed E-state index contributed by atoms with van der Waals surface area (Å²) in [6.07, 6.45) is 2.20. The number of carbonyl (C=O) groups is 1. The van der Waals surface area contributed by atoms with Gasteiger partial charge in [-0.1, -0.05) is 80.4 Å². The van der Waals surface area contributed by atoms with Crippen LogP contribution in [-0.2, 0) is 4.79 Å². The maximum absolute atomic E-state index is 13.1. The second kappa shape index (κ2) is 9.38. The number of benzene rings is 2. The van der Waals surface area contributed by atoms with Gasteiger partial charge in [0.1, 0.15) is 0 Å². The average Bonchev–Trinajstić information content (AvgIpc) is 2.67. The highest BCUT2D eigenvalue weighted by Crippen LogP contribution is 2.27. The van der Waals surface area contributed by atoms with Gasteiger partial charge in [0.2, 0.25) is 5.91 Å². The third-order valence-corrected chi connectivity index (χ3v) is 4.90. The van der Waals surface area contributed by atoms with Gasteiger partial charge in [-0.3, -0.25) is 4.79 Å². The third kappa shape index (κ3) is 4.93. The Labute approximate surface area is 151 Å². The van der Waals surface area contributed by atoms with Crippen LogP contribution in [0.3, 0.4) is 0 Å². The van der Waals surface area contributed by atoms with Crippen LogP contribution in [0.4, 0.5) is 0 Å². The summed E-state index contributed by atoms with van der Waals surface area (Å²) in [5.41, 5.74) is 1.88. The predicted molar refractivity (Wildman–Crippen MR) is 102 cm³/mol. The molecular formula is C22H29NO2. The topological polar surface area (TPSA) is 40.5 Å². The van der Waals surface area contributed by atoms with Crippen LogP contribution in [0.1, 0.15) is 56.3 Å². The Bertz CT molecular complexity index is 642. The van der Waals surface area contributed by atoms with Gasteiger partial charge < -0.3 is 10.0 Å². The lowest BCUT2D eigenvalue weighted by Crippen LogP contribution is -2.41. The van der Waals surface area contributed by atoms with E-state index >= 15 is 0 Å². The van der Waals surface area contributed by atoms with Crippen molar-refractivity contribution in [3.8, 4) is 0 Å². The van der Waals surface area contributed by atoms with Gasteiger partial charge in [-0.2, -0.15) is 0 Å². The van der Waals surface area contributed by atoms with E-state index in [2.05, 4.69) is 6.92 Å². The highest BCUT2D eigenvalue weighted by Gasteiger charge is 2.29. The number of amides is 1. The van der Waals surface area contributed by atoms with Crippen LogP contribution in [0.25, 0.3) is 0 Å². The number of rotatable bonds is 8. The molecule has 0 aliphatic carbocycles. The van der Waals surface area contributed by atoms with E-state index in [0.717, 1.165) is 30.4 Å². The molecule has 0 saturated heterocycles. The van der Waals surface area contributed by atoms with Crippen LogP contribution in [0, 0.1) is 0 Å². The fourth-order valence-corrected chi connectivity index (χ4v) is 3.11. The monoisotopic (exact) mass is 339 g/mol. The molecule has 3 heteroatoms. The molecule has 3 nitrogen and oxygen atoms in total. The Morgan fingerprint density at radius 2 is 1.52 bits per heavy atom. The van der Waals surface area contributed by atoms with Crippen LogP contribution in [0.5, 0.6) is 0 Å². The zero-order chi connectivity index (χ0) is 18.2. The molecule has 1 N–H and O–H groups in total. The molecule has 0 radical (unpaired) electrons. The second-order valence-electron chi connectivity index (χ2n) is 6.65. The molecule has 2 aromatic carbocycles. The van der Waals surface area contributed by atoms with E-state index < -0.39 is 6.10 Å². The smallest absolute Gasteiger partial charge is 0.230 e. The van der Waals surface area contributed by atoms with E-state index in [0.29, 0.717) is 0 Å². The molecule has 0 heterocycles. The number of aliphatic hydroxyl groups excluding tert-OH is 1. The standard InChI is InChI=1S/C22H29NO2/c1-4-5-16-20(18-12-8-6-9-13-18)22(25)23(3)17(2)21(24)19-14-10-7-11-15-19/h6-15,17,20-21,24H,4-5,16H2,1-3H3/t17-,20-,21+/m0/s1. The van der Waals surface area contributed by atoms with E-state index in [9.17, 15) is 9.90 Å². The second-order valence-corrected chi connectivity index (χ2v) is 6.65. The first-order valence-electron chi connectivity index (χ1n) is 9.10. The molecule has 0 bridgehead atoms. The Balaban J connectivity index is 2.16. The van der Waals surface area contributed by atoms with E-state index in [4.69, 9.17) is 0 Å². The van der Waals surface area contributed by atoms with Crippen molar-refractivity contribution in [2.75, 3.05) is 7.05 Å². The molecule has 0 aromatic heterocycles. The maximum Gasteiger partial charge on any atom is 0.230 e. The Kier molecular flexibility index (Phi) is 7.20. The lowest BCUT2D eigenvalue weighted by Gasteiger charge is -2.32. The van der Waals surface area contributed by atoms with Crippen molar-refractivity contribution < 1.29 is 9.90 Å². The lowest BCUT2D eigenvalue weighted by atomic mass is 9.91. The van der Waals surface area contributed by atoms with Crippen molar-refractivity contribution in [1.82, 2.24) is 4.90 Å². The largest absolute Gasteiger partial charge is 0.386 e. The number of nitrogens with zero attached hydrogens (tertiary/aromatic N) is 1. The predicted octanol–water partition coefficient (Wildman–Crippen LogP) is 4.54. The van der Waals surface area contributed by atoms with Crippen LogP contribution in [0.15, 0.2) is 60.7 Å². The van der Waals surface area contributed by atoms with Gasteiger partial charge in [0, 0.05) is 7.05 Å². The maximum atomic E-state index is 13.1. The van der Waals surface area contributed by atoms with Crippen molar-refractivity contribution in [3.05, 3.63) is 71.8 Å². The molecule has 0 aliphatic rings. The Morgan fingerprint density at radius 1 is 1.00 bits per heavy atom. The summed E-state index contributed by atoms with van der Waals surface area (Å²) in [4.78, 5) is 14.8. The molecule has 1 amide bonds. The lowest BCUT2D eigenvalue weighted by molar-refractivity contribution is -0.135. The SMILES string of the molecule is CCCC[C@H](C(=O)N(C)[C@@H](C)[C@@H](O)c1ccccc1)c1ccccc1. The molecule has 2 rings (SSSR count). The number of unbranched alkanes of at least 4 members (excludes halogenated alkanes) is 1. The van der Waals surface area contributed by atoms with E-state index in [-0.39, 0.29) is 17.9 Å². The zero-order valence-electron chi connectivity index (χ0n) is 15.4. The Morgan fingerprint density at radius 3 is 2.04 bits per heavy atom. The summed E-state index contributed by atoms with van der Waals surface area (Å²) in [7, 11) is 1.79. The normalized spacial score (nSPS) is 14.6. The number of aliphatic hydroxyl groups is 1. The highest BCUT2D eigenvalue weighted by molar-refractivity contribution is 5.83. The van der Waals surface area contributed by atoms with E-state index in [1.807, 2.05) is 67.6 Å². The molecule has 0 saturated carbocycles. The first-order chi connectivity index (χ1) is 12.1. The van der Waals surface area contributed by atoms with Crippen molar-refractivity contribution in [1.29, 1.82) is 0 Å². The fourth-order valence-electron chi connectivity index (χ4n) is 3.11. The Hall–Kier alpha value is -2.13. The van der Waals surface area contributed by atoms with Crippen LogP contribution in [-0.4, -0.2) is 29.0 Å². The summed E-state index contributed by atoms with van der Waals surface area (Å²) in [6.45, 7) is 4.04. The number of likely N-dealkylation sites (N-methyl/N-ethyl adjacent to an activating group) is 1. The zero-order valence-corrected chi connectivity index (χ0v) is 15.4. The third-order valence-electron chi connectivity index (χ3n) is 4.90. The summed E-state index contributed by atoms with van der Waals surface area (Å²) in [5.74, 6) is -0.0845. The number of carbonyl (C=O) groups excluding carboxylic acids is 1. The molecule has 3 atom stereocenters. The molecule has 0 fully saturated rings. The fraction of sp³-hybridized carbons (Fsp3) is 0.409. The van der Waals surface area contributed by atoms with Crippen molar-refractivity contribution in [2.24, 2.45) is 0 Å². The highest BCUT2D eigenvalue weighted by atomic mass is 16.3. The summed E-state index contributed by atoms with van der Waals surface area (Å²) in [5, 5.41) is 10.6. The number of hydrogen-bond donors (Lipinski definition) is 1. The molecule has 0 aliphatic heterocycles. The first-order valence-corrected chi connectivity index (χ1v) is 9.10.